The molecule has 100 valence electrons. The molecule has 0 N–H and O–H groups in total. The maximum Gasteiger partial charge on any atom is 0.186 e. The number of likely N-dealkylation sites (N-methyl/N-ethyl adjacent to an activating group) is 1. The second kappa shape index (κ2) is 6.33. The van der Waals surface area contributed by atoms with Crippen LogP contribution in [0.2, 0.25) is 4.34 Å². The Hall–Kier alpha value is -1.16. The Labute approximate surface area is 122 Å². The van der Waals surface area contributed by atoms with Crippen molar-refractivity contribution < 1.29 is 4.79 Å². The van der Waals surface area contributed by atoms with E-state index in [0.717, 1.165) is 11.4 Å². The molecule has 0 saturated heterocycles. The predicted molar refractivity (Wildman–Crippen MR) is 81.2 cm³/mol. The second-order valence-corrected chi connectivity index (χ2v) is 6.34. The Morgan fingerprint density at radius 3 is 2.63 bits per heavy atom. The number of Topliss-reactive ketones (excluding diaryl/α,β-unsaturated/α-hetero) is 1. The van der Waals surface area contributed by atoms with Gasteiger partial charge in [0.1, 0.15) is 0 Å². The van der Waals surface area contributed by atoms with Crippen LogP contribution in [0.1, 0.15) is 20.8 Å². The van der Waals surface area contributed by atoms with Gasteiger partial charge < -0.3 is 0 Å². The van der Waals surface area contributed by atoms with Gasteiger partial charge in [0.2, 0.25) is 0 Å². The van der Waals surface area contributed by atoms with Gasteiger partial charge in [0.15, 0.2) is 5.78 Å². The fourth-order valence-corrected chi connectivity index (χ4v) is 2.89. The van der Waals surface area contributed by atoms with Crippen LogP contribution in [0.15, 0.2) is 36.4 Å². The molecule has 0 aliphatic carbocycles. The summed E-state index contributed by atoms with van der Waals surface area (Å²) in [5.74, 6) is 0.119. The standard InChI is InChI=1S/C15H16ClNOS/c1-11-5-3-4-6-12(11)9-17(2)10-13(18)14-7-8-15(16)19-14/h3-8H,9-10H2,1-2H3. The molecular weight excluding hydrogens is 278 g/mol. The van der Waals surface area contributed by atoms with Crippen LogP contribution >= 0.6 is 22.9 Å². The van der Waals surface area contributed by atoms with Crippen molar-refractivity contribution in [3.8, 4) is 0 Å². The molecule has 0 saturated carbocycles. The summed E-state index contributed by atoms with van der Waals surface area (Å²) in [5, 5.41) is 0. The van der Waals surface area contributed by atoms with Crippen molar-refractivity contribution in [2.45, 2.75) is 13.5 Å². The lowest BCUT2D eigenvalue weighted by molar-refractivity contribution is 0.0947. The third-order valence-corrected chi connectivity index (χ3v) is 4.24. The van der Waals surface area contributed by atoms with Gasteiger partial charge in [-0.1, -0.05) is 35.9 Å². The Bertz CT molecular complexity index is 579. The fourth-order valence-electron chi connectivity index (χ4n) is 1.92. The number of benzene rings is 1. The zero-order valence-electron chi connectivity index (χ0n) is 11.0. The summed E-state index contributed by atoms with van der Waals surface area (Å²) in [6.45, 7) is 3.27. The molecule has 0 unspecified atom stereocenters. The average molecular weight is 294 g/mol. The van der Waals surface area contributed by atoms with E-state index in [1.54, 1.807) is 12.1 Å². The van der Waals surface area contributed by atoms with E-state index in [1.807, 2.05) is 24.1 Å². The van der Waals surface area contributed by atoms with Gasteiger partial charge in [-0.05, 0) is 37.2 Å². The number of hydrogen-bond donors (Lipinski definition) is 0. The van der Waals surface area contributed by atoms with Crippen molar-refractivity contribution in [1.82, 2.24) is 4.90 Å². The van der Waals surface area contributed by atoms with Crippen molar-refractivity contribution in [2.75, 3.05) is 13.6 Å². The van der Waals surface area contributed by atoms with Crippen molar-refractivity contribution in [1.29, 1.82) is 0 Å². The van der Waals surface area contributed by atoms with Gasteiger partial charge in [-0.15, -0.1) is 11.3 Å². The number of carbonyl (C=O) groups excluding carboxylic acids is 1. The topological polar surface area (TPSA) is 20.3 Å². The fraction of sp³-hybridized carbons (Fsp3) is 0.267. The molecule has 0 radical (unpaired) electrons. The van der Waals surface area contributed by atoms with E-state index < -0.39 is 0 Å². The van der Waals surface area contributed by atoms with Crippen LogP contribution in [-0.4, -0.2) is 24.3 Å². The van der Waals surface area contributed by atoms with Crippen molar-refractivity contribution >= 4 is 28.7 Å². The van der Waals surface area contributed by atoms with E-state index >= 15 is 0 Å². The number of rotatable bonds is 5. The molecule has 0 spiro atoms. The summed E-state index contributed by atoms with van der Waals surface area (Å²) in [5.41, 5.74) is 2.50. The first-order valence-electron chi connectivity index (χ1n) is 6.08. The van der Waals surface area contributed by atoms with Crippen LogP contribution in [0.5, 0.6) is 0 Å². The number of carbonyl (C=O) groups is 1. The SMILES string of the molecule is Cc1ccccc1CN(C)CC(=O)c1ccc(Cl)s1. The van der Waals surface area contributed by atoms with Crippen molar-refractivity contribution in [2.24, 2.45) is 0 Å². The molecule has 0 aliphatic rings. The molecule has 1 heterocycles. The normalized spacial score (nSPS) is 10.9. The molecular formula is C15H16ClNOS. The van der Waals surface area contributed by atoms with Gasteiger partial charge >= 0.3 is 0 Å². The van der Waals surface area contributed by atoms with Crippen LogP contribution in [0.25, 0.3) is 0 Å². The Morgan fingerprint density at radius 1 is 1.26 bits per heavy atom. The molecule has 19 heavy (non-hydrogen) atoms. The van der Waals surface area contributed by atoms with E-state index in [4.69, 9.17) is 11.6 Å². The first-order chi connectivity index (χ1) is 9.06. The Kier molecular flexibility index (Phi) is 4.75. The lowest BCUT2D eigenvalue weighted by Gasteiger charge is -2.16. The minimum Gasteiger partial charge on any atom is -0.295 e. The van der Waals surface area contributed by atoms with E-state index in [9.17, 15) is 4.79 Å². The van der Waals surface area contributed by atoms with Gasteiger partial charge in [0.05, 0.1) is 15.8 Å². The largest absolute Gasteiger partial charge is 0.295 e. The van der Waals surface area contributed by atoms with Crippen molar-refractivity contribution in [3.05, 3.63) is 56.7 Å². The molecule has 0 atom stereocenters. The van der Waals surface area contributed by atoms with E-state index in [-0.39, 0.29) is 5.78 Å². The number of aryl methyl sites for hydroxylation is 1. The van der Waals surface area contributed by atoms with Crippen LogP contribution in [0.4, 0.5) is 0 Å². The first kappa shape index (κ1) is 14.3. The molecule has 1 aromatic heterocycles. The molecule has 4 heteroatoms. The van der Waals surface area contributed by atoms with E-state index in [1.165, 1.54) is 22.5 Å². The Balaban J connectivity index is 1.96. The lowest BCUT2D eigenvalue weighted by Crippen LogP contribution is -2.25. The average Bonchev–Trinajstić information content (AvgIpc) is 2.79. The Morgan fingerprint density at radius 2 is 2.00 bits per heavy atom. The highest BCUT2D eigenvalue weighted by Gasteiger charge is 2.12. The van der Waals surface area contributed by atoms with Crippen LogP contribution in [0.3, 0.4) is 0 Å². The van der Waals surface area contributed by atoms with E-state index in [0.29, 0.717) is 10.9 Å². The van der Waals surface area contributed by atoms with Crippen LogP contribution in [0, 0.1) is 6.92 Å². The summed E-state index contributed by atoms with van der Waals surface area (Å²) < 4.78 is 0.657. The third kappa shape index (κ3) is 3.90. The minimum atomic E-state index is 0.119. The quantitative estimate of drug-likeness (QED) is 0.776. The monoisotopic (exact) mass is 293 g/mol. The molecule has 2 nitrogen and oxygen atoms in total. The van der Waals surface area contributed by atoms with Crippen LogP contribution in [-0.2, 0) is 6.54 Å². The van der Waals surface area contributed by atoms with Crippen LogP contribution < -0.4 is 0 Å². The van der Waals surface area contributed by atoms with Gasteiger partial charge in [-0.3, -0.25) is 9.69 Å². The minimum absolute atomic E-state index is 0.119. The first-order valence-corrected chi connectivity index (χ1v) is 7.27. The smallest absolute Gasteiger partial charge is 0.186 e. The number of nitrogens with zero attached hydrogens (tertiary/aromatic N) is 1. The number of halogens is 1. The zero-order chi connectivity index (χ0) is 13.8. The summed E-state index contributed by atoms with van der Waals surface area (Å²) in [6.07, 6.45) is 0. The van der Waals surface area contributed by atoms with Gasteiger partial charge in [-0.25, -0.2) is 0 Å². The summed E-state index contributed by atoms with van der Waals surface area (Å²) >= 11 is 7.18. The maximum absolute atomic E-state index is 12.1. The second-order valence-electron chi connectivity index (χ2n) is 4.63. The molecule has 0 aliphatic heterocycles. The predicted octanol–water partition coefficient (Wildman–Crippen LogP) is 4.02. The molecule has 2 rings (SSSR count). The van der Waals surface area contributed by atoms with Gasteiger partial charge in [-0.2, -0.15) is 0 Å². The molecule has 2 aromatic rings. The summed E-state index contributed by atoms with van der Waals surface area (Å²) in [4.78, 5) is 14.8. The number of hydrogen-bond acceptors (Lipinski definition) is 3. The highest BCUT2D eigenvalue weighted by atomic mass is 35.5. The molecule has 1 aromatic carbocycles. The molecule has 0 fully saturated rings. The third-order valence-electron chi connectivity index (χ3n) is 2.96. The van der Waals surface area contributed by atoms with Gasteiger partial charge in [0, 0.05) is 6.54 Å². The lowest BCUT2D eigenvalue weighted by atomic mass is 10.1. The highest BCUT2D eigenvalue weighted by Crippen LogP contribution is 2.22. The van der Waals surface area contributed by atoms with E-state index in [2.05, 4.69) is 19.1 Å². The highest BCUT2D eigenvalue weighted by molar-refractivity contribution is 7.18. The molecule has 0 amide bonds. The number of thiophene rings is 1. The summed E-state index contributed by atoms with van der Waals surface area (Å²) in [7, 11) is 1.96. The zero-order valence-corrected chi connectivity index (χ0v) is 12.6. The number of ketones is 1. The van der Waals surface area contributed by atoms with Crippen molar-refractivity contribution in [3.63, 3.8) is 0 Å². The van der Waals surface area contributed by atoms with Gasteiger partial charge in [0.25, 0.3) is 0 Å². The molecule has 0 bridgehead atoms. The summed E-state index contributed by atoms with van der Waals surface area (Å²) in [6, 6.07) is 11.8. The maximum atomic E-state index is 12.1.